The number of carboxylic acids is 1. The van der Waals surface area contributed by atoms with Gasteiger partial charge in [0, 0.05) is 6.42 Å². The Balaban J connectivity index is 2.25. The second-order valence-corrected chi connectivity index (χ2v) is 6.39. The quantitative estimate of drug-likeness (QED) is 0.839. The number of rotatable bonds is 6. The molecule has 0 aromatic heterocycles. The molecule has 118 valence electrons. The molecule has 1 aliphatic carbocycles. The largest absolute Gasteiger partial charge is 0.498 e. The van der Waals surface area contributed by atoms with Crippen LogP contribution in [0.1, 0.15) is 30.1 Å². The average Bonchev–Trinajstić information content (AvgIpc) is 2.48. The number of nitrogens with one attached hydrogen (secondary N) is 1. The molecule has 0 spiro atoms. The maximum Gasteiger partial charge on any atom is 0.337 e. The molecule has 0 atom stereocenters. The summed E-state index contributed by atoms with van der Waals surface area (Å²) >= 11 is 0. The predicted octanol–water partition coefficient (Wildman–Crippen LogP) is 2.72. The predicted molar refractivity (Wildman–Crippen MR) is 83.0 cm³/mol. The standard InChI is InChI=1S/C15H17NO5S/c1-2-21-11-7-9-12(10-8-11)22(19,20)16-14-6-4-3-5-13(14)15(17)18/h3-7,9,16H,2,8,10H2,1H3,(H,17,18). The molecule has 22 heavy (non-hydrogen) atoms. The molecule has 7 heteroatoms. The summed E-state index contributed by atoms with van der Waals surface area (Å²) in [5.74, 6) is -0.443. The van der Waals surface area contributed by atoms with Crippen LogP contribution in [0, 0.1) is 0 Å². The van der Waals surface area contributed by atoms with Crippen LogP contribution in [-0.2, 0) is 14.8 Å². The van der Waals surface area contributed by atoms with Crippen LogP contribution < -0.4 is 4.72 Å². The Morgan fingerprint density at radius 1 is 1.27 bits per heavy atom. The van der Waals surface area contributed by atoms with Crippen LogP contribution in [0.4, 0.5) is 5.69 Å². The Bertz CT molecular complexity index is 734. The van der Waals surface area contributed by atoms with Crippen LogP contribution in [0.5, 0.6) is 0 Å². The molecule has 0 unspecified atom stereocenters. The van der Waals surface area contributed by atoms with Gasteiger partial charge in [0.1, 0.15) is 0 Å². The lowest BCUT2D eigenvalue weighted by atomic mass is 10.1. The third kappa shape index (κ3) is 3.67. The summed E-state index contributed by atoms with van der Waals surface area (Å²) in [6.45, 7) is 2.40. The Morgan fingerprint density at radius 3 is 2.59 bits per heavy atom. The summed E-state index contributed by atoms with van der Waals surface area (Å²) in [5, 5.41) is 9.09. The minimum atomic E-state index is -3.78. The molecule has 1 aliphatic rings. The van der Waals surface area contributed by atoms with Crippen LogP contribution in [0.15, 0.2) is 47.1 Å². The highest BCUT2D eigenvalue weighted by atomic mass is 32.2. The molecule has 0 saturated heterocycles. The van der Waals surface area contributed by atoms with Crippen LogP contribution in [0.2, 0.25) is 0 Å². The van der Waals surface area contributed by atoms with Crippen molar-refractivity contribution < 1.29 is 23.1 Å². The first-order chi connectivity index (χ1) is 10.4. The van der Waals surface area contributed by atoms with Gasteiger partial charge < -0.3 is 9.84 Å². The zero-order valence-electron chi connectivity index (χ0n) is 12.1. The molecular formula is C15H17NO5S. The lowest BCUT2D eigenvalue weighted by Crippen LogP contribution is -2.18. The van der Waals surface area contributed by atoms with Gasteiger partial charge in [-0.3, -0.25) is 4.72 Å². The summed E-state index contributed by atoms with van der Waals surface area (Å²) in [6, 6.07) is 5.89. The molecular weight excluding hydrogens is 306 g/mol. The Labute approximate surface area is 129 Å². The number of ether oxygens (including phenoxy) is 1. The average molecular weight is 323 g/mol. The first kappa shape index (κ1) is 16.1. The van der Waals surface area contributed by atoms with Crippen LogP contribution in [0.25, 0.3) is 0 Å². The number of hydrogen-bond acceptors (Lipinski definition) is 4. The number of aromatic carboxylic acids is 1. The van der Waals surface area contributed by atoms with Gasteiger partial charge in [0.2, 0.25) is 0 Å². The number of hydrogen-bond donors (Lipinski definition) is 2. The number of carbonyl (C=O) groups is 1. The van der Waals surface area contributed by atoms with E-state index in [-0.39, 0.29) is 16.2 Å². The van der Waals surface area contributed by atoms with Crippen molar-refractivity contribution in [3.63, 3.8) is 0 Å². The third-order valence-corrected chi connectivity index (χ3v) is 4.67. The molecule has 6 nitrogen and oxygen atoms in total. The summed E-state index contributed by atoms with van der Waals surface area (Å²) in [4.78, 5) is 11.3. The highest BCUT2D eigenvalue weighted by Gasteiger charge is 2.22. The minimum absolute atomic E-state index is 0.0514. The fourth-order valence-electron chi connectivity index (χ4n) is 2.10. The van der Waals surface area contributed by atoms with Crippen molar-refractivity contribution in [3.8, 4) is 0 Å². The van der Waals surface area contributed by atoms with Crippen LogP contribution >= 0.6 is 0 Å². The minimum Gasteiger partial charge on any atom is -0.498 e. The van der Waals surface area contributed by atoms with Crippen molar-refractivity contribution in [1.29, 1.82) is 0 Å². The van der Waals surface area contributed by atoms with E-state index in [2.05, 4.69) is 4.72 Å². The Hall–Kier alpha value is -2.28. The SMILES string of the molecule is CCOC1=CC=C(S(=O)(=O)Nc2ccccc2C(=O)O)CC1. The smallest absolute Gasteiger partial charge is 0.337 e. The first-order valence-corrected chi connectivity index (χ1v) is 8.30. The molecule has 0 heterocycles. The maximum absolute atomic E-state index is 12.4. The van der Waals surface area contributed by atoms with E-state index >= 15 is 0 Å². The Morgan fingerprint density at radius 2 is 2.00 bits per heavy atom. The van der Waals surface area contributed by atoms with Gasteiger partial charge >= 0.3 is 5.97 Å². The summed E-state index contributed by atoms with van der Waals surface area (Å²) in [6.07, 6.45) is 3.93. The van der Waals surface area contributed by atoms with Gasteiger partial charge in [0.15, 0.2) is 0 Å². The van der Waals surface area contributed by atoms with Gasteiger partial charge in [0.25, 0.3) is 10.0 Å². The van der Waals surface area contributed by atoms with Crippen molar-refractivity contribution in [1.82, 2.24) is 0 Å². The second-order valence-electron chi connectivity index (χ2n) is 4.66. The molecule has 2 rings (SSSR count). The molecule has 0 bridgehead atoms. The summed E-state index contributed by atoms with van der Waals surface area (Å²) in [7, 11) is -3.78. The van der Waals surface area contributed by atoms with E-state index in [1.807, 2.05) is 6.92 Å². The van der Waals surface area contributed by atoms with Crippen molar-refractivity contribution >= 4 is 21.7 Å². The van der Waals surface area contributed by atoms with E-state index in [1.165, 1.54) is 24.3 Å². The molecule has 0 saturated carbocycles. The third-order valence-electron chi connectivity index (χ3n) is 3.15. The molecule has 0 radical (unpaired) electrons. The maximum atomic E-state index is 12.4. The summed E-state index contributed by atoms with van der Waals surface area (Å²) in [5.41, 5.74) is -0.0384. The van der Waals surface area contributed by atoms with Gasteiger partial charge in [-0.1, -0.05) is 12.1 Å². The fourth-order valence-corrected chi connectivity index (χ4v) is 3.31. The monoisotopic (exact) mass is 323 g/mol. The Kier molecular flexibility index (Phi) is 4.87. The van der Waals surface area contributed by atoms with Crippen LogP contribution in [-0.4, -0.2) is 26.1 Å². The van der Waals surface area contributed by atoms with Gasteiger partial charge in [-0.25, -0.2) is 13.2 Å². The number of carboxylic acid groups (broad SMARTS) is 1. The first-order valence-electron chi connectivity index (χ1n) is 6.81. The van der Waals surface area contributed by atoms with E-state index < -0.39 is 16.0 Å². The van der Waals surface area contributed by atoms with E-state index in [0.29, 0.717) is 19.4 Å². The number of anilines is 1. The van der Waals surface area contributed by atoms with E-state index in [4.69, 9.17) is 9.84 Å². The molecule has 1 aromatic rings. The van der Waals surface area contributed by atoms with Crippen molar-refractivity contribution in [2.75, 3.05) is 11.3 Å². The number of para-hydroxylation sites is 1. The number of allylic oxidation sites excluding steroid dienone is 4. The fraction of sp³-hybridized carbons (Fsp3) is 0.267. The van der Waals surface area contributed by atoms with E-state index in [0.717, 1.165) is 5.76 Å². The molecule has 1 aromatic carbocycles. The lowest BCUT2D eigenvalue weighted by molar-refractivity contribution is 0.0698. The number of benzene rings is 1. The lowest BCUT2D eigenvalue weighted by Gasteiger charge is -2.17. The summed E-state index contributed by atoms with van der Waals surface area (Å²) < 4.78 is 32.4. The highest BCUT2D eigenvalue weighted by molar-refractivity contribution is 7.96. The molecule has 0 amide bonds. The molecule has 0 fully saturated rings. The van der Waals surface area contributed by atoms with E-state index in [9.17, 15) is 13.2 Å². The molecule has 0 aliphatic heterocycles. The highest BCUT2D eigenvalue weighted by Crippen LogP contribution is 2.26. The van der Waals surface area contributed by atoms with Crippen LogP contribution in [0.3, 0.4) is 0 Å². The normalized spacial score (nSPS) is 14.8. The van der Waals surface area contributed by atoms with Gasteiger partial charge in [-0.05, 0) is 37.6 Å². The van der Waals surface area contributed by atoms with Gasteiger partial charge in [0.05, 0.1) is 28.5 Å². The van der Waals surface area contributed by atoms with Crippen molar-refractivity contribution in [2.24, 2.45) is 0 Å². The van der Waals surface area contributed by atoms with Crippen molar-refractivity contribution in [2.45, 2.75) is 19.8 Å². The topological polar surface area (TPSA) is 92.7 Å². The second kappa shape index (κ2) is 6.65. The number of sulfonamides is 1. The zero-order chi connectivity index (χ0) is 16.2. The molecule has 2 N–H and O–H groups in total. The van der Waals surface area contributed by atoms with Gasteiger partial charge in [-0.15, -0.1) is 0 Å². The zero-order valence-corrected chi connectivity index (χ0v) is 12.9. The van der Waals surface area contributed by atoms with E-state index in [1.54, 1.807) is 12.1 Å². The van der Waals surface area contributed by atoms with Gasteiger partial charge in [-0.2, -0.15) is 0 Å². The van der Waals surface area contributed by atoms with Crippen molar-refractivity contribution in [3.05, 3.63) is 52.6 Å².